The van der Waals surface area contributed by atoms with Crippen molar-refractivity contribution in [2.24, 2.45) is 0 Å². The van der Waals surface area contributed by atoms with Crippen LogP contribution in [-0.2, 0) is 13.0 Å². The largest absolute Gasteiger partial charge is 0.496 e. The molecule has 0 radical (unpaired) electrons. The highest BCUT2D eigenvalue weighted by molar-refractivity contribution is 6.30. The average Bonchev–Trinajstić information content (AvgIpc) is 2.68. The second-order valence-corrected chi connectivity index (χ2v) is 7.58. The fraction of sp³-hybridized carbons (Fsp3) is 0.455. The zero-order chi connectivity index (χ0) is 19.1. The van der Waals surface area contributed by atoms with Gasteiger partial charge in [-0.15, -0.1) is 0 Å². The zero-order valence-corrected chi connectivity index (χ0v) is 17.0. The summed E-state index contributed by atoms with van der Waals surface area (Å²) in [5.74, 6) is 1.63. The molecule has 4 nitrogen and oxygen atoms in total. The van der Waals surface area contributed by atoms with Crippen molar-refractivity contribution in [1.82, 2.24) is 9.80 Å². The van der Waals surface area contributed by atoms with Crippen molar-refractivity contribution < 1.29 is 9.47 Å². The van der Waals surface area contributed by atoms with E-state index >= 15 is 0 Å². The number of methoxy groups -OCH3 is 1. The van der Waals surface area contributed by atoms with Gasteiger partial charge in [-0.05, 0) is 62.3 Å². The molecule has 3 rings (SSSR count). The SMILES string of the molecule is COc1ccc(CCCN2CCN(C)CC2)cc1COc1cccc(Cl)c1. The molecule has 2 aromatic carbocycles. The van der Waals surface area contributed by atoms with Crippen LogP contribution >= 0.6 is 11.6 Å². The summed E-state index contributed by atoms with van der Waals surface area (Å²) in [7, 11) is 3.90. The van der Waals surface area contributed by atoms with Gasteiger partial charge in [0.25, 0.3) is 0 Å². The zero-order valence-electron chi connectivity index (χ0n) is 16.3. The number of benzene rings is 2. The molecule has 0 amide bonds. The summed E-state index contributed by atoms with van der Waals surface area (Å²) in [6, 6.07) is 13.9. The first-order valence-corrected chi connectivity index (χ1v) is 9.97. The van der Waals surface area contributed by atoms with E-state index in [0.717, 1.165) is 30.0 Å². The number of likely N-dealkylation sites (N-methyl/N-ethyl adjacent to an activating group) is 1. The second-order valence-electron chi connectivity index (χ2n) is 7.14. The highest BCUT2D eigenvalue weighted by Gasteiger charge is 2.13. The summed E-state index contributed by atoms with van der Waals surface area (Å²) in [4.78, 5) is 4.96. The summed E-state index contributed by atoms with van der Waals surface area (Å²) in [6.07, 6.45) is 2.24. The molecule has 0 aromatic heterocycles. The lowest BCUT2D eigenvalue weighted by molar-refractivity contribution is 0.153. The Hall–Kier alpha value is -1.75. The predicted octanol–water partition coefficient (Wildman–Crippen LogP) is 4.11. The van der Waals surface area contributed by atoms with Gasteiger partial charge in [0.15, 0.2) is 0 Å². The van der Waals surface area contributed by atoms with E-state index in [1.165, 1.54) is 38.2 Å². The molecule has 0 unspecified atom stereocenters. The third kappa shape index (κ3) is 6.13. The number of aryl methyl sites for hydroxylation is 1. The van der Waals surface area contributed by atoms with E-state index in [2.05, 4.69) is 29.0 Å². The van der Waals surface area contributed by atoms with Gasteiger partial charge in [-0.2, -0.15) is 0 Å². The maximum atomic E-state index is 6.03. The second kappa shape index (κ2) is 9.98. The Balaban J connectivity index is 1.54. The molecule has 1 aliphatic rings. The summed E-state index contributed by atoms with van der Waals surface area (Å²) in [6.45, 7) is 6.33. The highest BCUT2D eigenvalue weighted by atomic mass is 35.5. The lowest BCUT2D eigenvalue weighted by atomic mass is 10.1. The molecule has 0 saturated carbocycles. The van der Waals surface area contributed by atoms with E-state index in [1.54, 1.807) is 7.11 Å². The standard InChI is InChI=1S/C22H29ClN2O2/c1-24-11-13-25(14-12-24)10-4-5-18-8-9-22(26-2)19(15-18)17-27-21-7-3-6-20(23)16-21/h3,6-9,15-16H,4-5,10-14,17H2,1-2H3. The van der Waals surface area contributed by atoms with Crippen LogP contribution in [-0.4, -0.2) is 56.7 Å². The van der Waals surface area contributed by atoms with Gasteiger partial charge < -0.3 is 19.3 Å². The van der Waals surface area contributed by atoms with Crippen LogP contribution in [0.3, 0.4) is 0 Å². The van der Waals surface area contributed by atoms with Gasteiger partial charge in [0.05, 0.1) is 7.11 Å². The predicted molar refractivity (Wildman–Crippen MR) is 111 cm³/mol. The molecule has 0 aliphatic carbocycles. The van der Waals surface area contributed by atoms with Gasteiger partial charge >= 0.3 is 0 Å². The van der Waals surface area contributed by atoms with Crippen LogP contribution in [0.1, 0.15) is 17.5 Å². The minimum Gasteiger partial charge on any atom is -0.496 e. The lowest BCUT2D eigenvalue weighted by Gasteiger charge is -2.32. The van der Waals surface area contributed by atoms with E-state index in [-0.39, 0.29) is 0 Å². The first-order valence-electron chi connectivity index (χ1n) is 9.59. The van der Waals surface area contributed by atoms with Crippen molar-refractivity contribution in [2.75, 3.05) is 46.9 Å². The van der Waals surface area contributed by atoms with Gasteiger partial charge in [0.2, 0.25) is 0 Å². The van der Waals surface area contributed by atoms with Crippen LogP contribution in [0.4, 0.5) is 0 Å². The van der Waals surface area contributed by atoms with Crippen molar-refractivity contribution in [3.63, 3.8) is 0 Å². The smallest absolute Gasteiger partial charge is 0.125 e. The third-order valence-electron chi connectivity index (χ3n) is 5.07. The molecule has 1 heterocycles. The van der Waals surface area contributed by atoms with Crippen LogP contribution in [0.25, 0.3) is 0 Å². The lowest BCUT2D eigenvalue weighted by Crippen LogP contribution is -2.44. The molecule has 146 valence electrons. The van der Waals surface area contributed by atoms with E-state index in [4.69, 9.17) is 21.1 Å². The van der Waals surface area contributed by atoms with Gasteiger partial charge in [-0.1, -0.05) is 23.7 Å². The molecule has 5 heteroatoms. The minimum atomic E-state index is 0.468. The third-order valence-corrected chi connectivity index (χ3v) is 5.31. The Morgan fingerprint density at radius 2 is 1.85 bits per heavy atom. The Morgan fingerprint density at radius 3 is 2.59 bits per heavy atom. The molecule has 0 atom stereocenters. The highest BCUT2D eigenvalue weighted by Crippen LogP contribution is 2.24. The number of hydrogen-bond donors (Lipinski definition) is 0. The van der Waals surface area contributed by atoms with Crippen molar-refractivity contribution in [3.05, 3.63) is 58.6 Å². The molecular weight excluding hydrogens is 360 g/mol. The van der Waals surface area contributed by atoms with Crippen molar-refractivity contribution >= 4 is 11.6 Å². The fourth-order valence-corrected chi connectivity index (χ4v) is 3.58. The minimum absolute atomic E-state index is 0.468. The molecule has 1 saturated heterocycles. The summed E-state index contributed by atoms with van der Waals surface area (Å²) < 4.78 is 11.4. The molecule has 1 aliphatic heterocycles. The first-order chi connectivity index (χ1) is 13.1. The van der Waals surface area contributed by atoms with E-state index < -0.39 is 0 Å². The molecule has 0 spiro atoms. The topological polar surface area (TPSA) is 24.9 Å². The number of piperazine rings is 1. The van der Waals surface area contributed by atoms with Crippen molar-refractivity contribution in [3.8, 4) is 11.5 Å². The molecule has 1 fully saturated rings. The molecular formula is C22H29ClN2O2. The normalized spacial score (nSPS) is 15.7. The van der Waals surface area contributed by atoms with Gasteiger partial charge in [0, 0.05) is 36.8 Å². The monoisotopic (exact) mass is 388 g/mol. The van der Waals surface area contributed by atoms with Crippen LogP contribution < -0.4 is 9.47 Å². The van der Waals surface area contributed by atoms with Crippen LogP contribution in [0.15, 0.2) is 42.5 Å². The Kier molecular flexibility index (Phi) is 7.39. The van der Waals surface area contributed by atoms with Crippen LogP contribution in [0.2, 0.25) is 5.02 Å². The maximum absolute atomic E-state index is 6.03. The number of hydrogen-bond acceptors (Lipinski definition) is 4. The number of nitrogens with zero attached hydrogens (tertiary/aromatic N) is 2. The Labute approximate surface area is 167 Å². The summed E-state index contributed by atoms with van der Waals surface area (Å²) in [5, 5.41) is 0.678. The van der Waals surface area contributed by atoms with E-state index in [0.29, 0.717) is 11.6 Å². The van der Waals surface area contributed by atoms with Gasteiger partial charge in [-0.25, -0.2) is 0 Å². The molecule has 2 aromatic rings. The number of rotatable bonds is 8. The average molecular weight is 389 g/mol. The number of halogens is 1. The summed E-state index contributed by atoms with van der Waals surface area (Å²) >= 11 is 6.03. The molecule has 0 N–H and O–H groups in total. The Bertz CT molecular complexity index is 730. The fourth-order valence-electron chi connectivity index (χ4n) is 3.40. The first kappa shape index (κ1) is 20.0. The van der Waals surface area contributed by atoms with Gasteiger partial charge in [-0.3, -0.25) is 0 Å². The van der Waals surface area contributed by atoms with Crippen molar-refractivity contribution in [1.29, 1.82) is 0 Å². The Morgan fingerprint density at radius 1 is 1.04 bits per heavy atom. The van der Waals surface area contributed by atoms with Crippen LogP contribution in [0.5, 0.6) is 11.5 Å². The summed E-state index contributed by atoms with van der Waals surface area (Å²) in [5.41, 5.74) is 2.39. The van der Waals surface area contributed by atoms with Crippen LogP contribution in [0, 0.1) is 0 Å². The molecule has 0 bridgehead atoms. The van der Waals surface area contributed by atoms with Crippen molar-refractivity contribution in [2.45, 2.75) is 19.4 Å². The van der Waals surface area contributed by atoms with Gasteiger partial charge in [0.1, 0.15) is 18.1 Å². The number of ether oxygens (including phenoxy) is 2. The van der Waals surface area contributed by atoms with E-state index in [9.17, 15) is 0 Å². The quantitative estimate of drug-likeness (QED) is 0.679. The van der Waals surface area contributed by atoms with E-state index in [1.807, 2.05) is 30.3 Å². The maximum Gasteiger partial charge on any atom is 0.125 e. The molecule has 27 heavy (non-hydrogen) atoms.